The molecular formula is C14H8N2O2. The average Bonchev–Trinajstić information content (AvgIpc) is 2.45. The van der Waals surface area contributed by atoms with Crippen LogP contribution in [0.15, 0.2) is 58.9 Å². The van der Waals surface area contributed by atoms with Gasteiger partial charge in [0.25, 0.3) is 0 Å². The number of nitrogens with zero attached hydrogens (tertiary/aromatic N) is 2. The SMILES string of the molecule is O=Nc1ccccc1C#Cc1ccccc1N=O. The molecule has 0 radical (unpaired) electrons. The van der Waals surface area contributed by atoms with Crippen LogP contribution in [0.5, 0.6) is 0 Å². The molecule has 0 aromatic heterocycles. The van der Waals surface area contributed by atoms with Crippen LogP contribution < -0.4 is 0 Å². The first kappa shape index (κ1) is 11.7. The molecule has 0 atom stereocenters. The third kappa shape index (κ3) is 2.47. The van der Waals surface area contributed by atoms with Gasteiger partial charge in [0.05, 0.1) is 11.1 Å². The molecule has 0 saturated heterocycles. The van der Waals surface area contributed by atoms with Crippen LogP contribution in [0.1, 0.15) is 11.1 Å². The second-order valence-corrected chi connectivity index (χ2v) is 3.47. The molecule has 2 aromatic rings. The summed E-state index contributed by atoms with van der Waals surface area (Å²) >= 11 is 0. The Morgan fingerprint density at radius 2 is 1.06 bits per heavy atom. The minimum Gasteiger partial charge on any atom is -0.145 e. The van der Waals surface area contributed by atoms with Crippen molar-refractivity contribution in [3.8, 4) is 11.8 Å². The zero-order valence-electron chi connectivity index (χ0n) is 9.33. The van der Waals surface area contributed by atoms with Crippen molar-refractivity contribution in [3.05, 3.63) is 69.5 Å². The topological polar surface area (TPSA) is 58.9 Å². The summed E-state index contributed by atoms with van der Waals surface area (Å²) in [5, 5.41) is 5.78. The maximum atomic E-state index is 10.6. The average molecular weight is 236 g/mol. The number of hydrogen-bond donors (Lipinski definition) is 0. The van der Waals surface area contributed by atoms with Crippen molar-refractivity contribution in [1.29, 1.82) is 0 Å². The van der Waals surface area contributed by atoms with Gasteiger partial charge in [-0.3, -0.25) is 0 Å². The molecule has 2 aromatic carbocycles. The van der Waals surface area contributed by atoms with Gasteiger partial charge in [0.2, 0.25) is 0 Å². The fourth-order valence-electron chi connectivity index (χ4n) is 1.45. The Bertz CT molecular complexity index is 599. The first-order valence-corrected chi connectivity index (χ1v) is 5.22. The van der Waals surface area contributed by atoms with E-state index in [0.717, 1.165) is 0 Å². The normalized spacial score (nSPS) is 9.11. The molecule has 0 unspecified atom stereocenters. The molecule has 0 N–H and O–H groups in total. The highest BCUT2D eigenvalue weighted by Crippen LogP contribution is 2.19. The molecule has 0 spiro atoms. The summed E-state index contributed by atoms with van der Waals surface area (Å²) in [5.41, 5.74) is 1.60. The monoisotopic (exact) mass is 236 g/mol. The van der Waals surface area contributed by atoms with Crippen LogP contribution in [0, 0.1) is 21.7 Å². The van der Waals surface area contributed by atoms with E-state index in [-0.39, 0.29) is 11.4 Å². The van der Waals surface area contributed by atoms with Crippen molar-refractivity contribution in [2.75, 3.05) is 0 Å². The van der Waals surface area contributed by atoms with E-state index in [0.29, 0.717) is 11.1 Å². The van der Waals surface area contributed by atoms with E-state index in [9.17, 15) is 9.81 Å². The highest BCUT2D eigenvalue weighted by molar-refractivity contribution is 5.60. The highest BCUT2D eigenvalue weighted by Gasteiger charge is 1.99. The Balaban J connectivity index is 2.43. The van der Waals surface area contributed by atoms with E-state index in [2.05, 4.69) is 22.2 Å². The van der Waals surface area contributed by atoms with E-state index in [1.807, 2.05) is 0 Å². The van der Waals surface area contributed by atoms with Gasteiger partial charge in [0, 0.05) is 0 Å². The molecule has 4 nitrogen and oxygen atoms in total. The van der Waals surface area contributed by atoms with Gasteiger partial charge in [-0.15, -0.1) is 9.81 Å². The largest absolute Gasteiger partial charge is 0.145 e. The van der Waals surface area contributed by atoms with Crippen molar-refractivity contribution < 1.29 is 0 Å². The van der Waals surface area contributed by atoms with Gasteiger partial charge < -0.3 is 0 Å². The maximum Gasteiger partial charge on any atom is 0.123 e. The van der Waals surface area contributed by atoms with Gasteiger partial charge in [-0.2, -0.15) is 0 Å². The summed E-state index contributed by atoms with van der Waals surface area (Å²) < 4.78 is 0. The first-order chi connectivity index (χ1) is 8.85. The molecule has 0 aliphatic carbocycles. The summed E-state index contributed by atoms with van der Waals surface area (Å²) in [6.07, 6.45) is 0. The Morgan fingerprint density at radius 1 is 0.667 bits per heavy atom. The second-order valence-electron chi connectivity index (χ2n) is 3.47. The minimum absolute atomic E-state index is 0.279. The van der Waals surface area contributed by atoms with Crippen LogP contribution in [0.4, 0.5) is 11.4 Å². The van der Waals surface area contributed by atoms with Crippen LogP contribution in [-0.4, -0.2) is 0 Å². The summed E-state index contributed by atoms with van der Waals surface area (Å²) in [7, 11) is 0. The lowest BCUT2D eigenvalue weighted by Gasteiger charge is -1.94. The van der Waals surface area contributed by atoms with Gasteiger partial charge in [0.1, 0.15) is 11.4 Å². The number of benzene rings is 2. The van der Waals surface area contributed by atoms with E-state index in [1.165, 1.54) is 0 Å². The van der Waals surface area contributed by atoms with E-state index >= 15 is 0 Å². The molecule has 0 saturated carbocycles. The van der Waals surface area contributed by atoms with Crippen LogP contribution in [-0.2, 0) is 0 Å². The number of nitroso groups, excluding NO2 is 2. The molecule has 2 rings (SSSR count). The van der Waals surface area contributed by atoms with Crippen LogP contribution in [0.3, 0.4) is 0 Å². The zero-order chi connectivity index (χ0) is 12.8. The van der Waals surface area contributed by atoms with Crippen LogP contribution in [0.2, 0.25) is 0 Å². The predicted molar refractivity (Wildman–Crippen MR) is 69.8 cm³/mol. The minimum atomic E-state index is 0.279. The third-order valence-corrected chi connectivity index (χ3v) is 2.34. The van der Waals surface area contributed by atoms with Gasteiger partial charge in [0.15, 0.2) is 0 Å². The molecular weight excluding hydrogens is 228 g/mol. The van der Waals surface area contributed by atoms with Crippen molar-refractivity contribution in [1.82, 2.24) is 0 Å². The lowest BCUT2D eigenvalue weighted by molar-refractivity contribution is 1.46. The Labute approximate surface area is 104 Å². The Hall–Kier alpha value is -2.80. The van der Waals surface area contributed by atoms with E-state index < -0.39 is 0 Å². The highest BCUT2D eigenvalue weighted by atomic mass is 16.3. The molecule has 0 heterocycles. The summed E-state index contributed by atoms with van der Waals surface area (Å²) in [5.74, 6) is 5.63. The lowest BCUT2D eigenvalue weighted by atomic mass is 10.1. The third-order valence-electron chi connectivity index (χ3n) is 2.34. The predicted octanol–water partition coefficient (Wildman–Crippen LogP) is 3.88. The van der Waals surface area contributed by atoms with Gasteiger partial charge in [-0.1, -0.05) is 36.1 Å². The zero-order valence-corrected chi connectivity index (χ0v) is 9.33. The van der Waals surface area contributed by atoms with Crippen LogP contribution in [0.25, 0.3) is 0 Å². The fraction of sp³-hybridized carbons (Fsp3) is 0. The van der Waals surface area contributed by atoms with Gasteiger partial charge in [-0.05, 0) is 34.6 Å². The quantitative estimate of drug-likeness (QED) is 0.586. The van der Waals surface area contributed by atoms with Crippen molar-refractivity contribution in [3.63, 3.8) is 0 Å². The second kappa shape index (κ2) is 5.51. The molecule has 4 heteroatoms. The molecule has 0 aliphatic rings. The number of hydrogen-bond acceptors (Lipinski definition) is 4. The summed E-state index contributed by atoms with van der Waals surface area (Å²) in [6.45, 7) is 0. The van der Waals surface area contributed by atoms with E-state index in [1.54, 1.807) is 48.5 Å². The van der Waals surface area contributed by atoms with Gasteiger partial charge in [-0.25, -0.2) is 0 Å². The fourth-order valence-corrected chi connectivity index (χ4v) is 1.45. The van der Waals surface area contributed by atoms with Gasteiger partial charge >= 0.3 is 0 Å². The Morgan fingerprint density at radius 3 is 1.44 bits per heavy atom. The first-order valence-electron chi connectivity index (χ1n) is 5.22. The Kier molecular flexibility index (Phi) is 3.57. The standard InChI is InChI=1S/C14H8N2O2/c17-15-13-7-3-1-5-11(13)9-10-12-6-2-4-8-14(12)16-18/h1-8H. The van der Waals surface area contributed by atoms with E-state index in [4.69, 9.17) is 0 Å². The van der Waals surface area contributed by atoms with Crippen LogP contribution >= 0.6 is 0 Å². The molecule has 0 aliphatic heterocycles. The summed E-state index contributed by atoms with van der Waals surface area (Å²) in [6, 6.07) is 13.5. The maximum absolute atomic E-state index is 10.6. The van der Waals surface area contributed by atoms with Crippen molar-refractivity contribution in [2.45, 2.75) is 0 Å². The lowest BCUT2D eigenvalue weighted by Crippen LogP contribution is -1.77. The molecule has 0 fully saturated rings. The molecule has 18 heavy (non-hydrogen) atoms. The smallest absolute Gasteiger partial charge is 0.123 e. The number of rotatable bonds is 2. The molecule has 86 valence electrons. The molecule has 0 amide bonds. The van der Waals surface area contributed by atoms with Crippen molar-refractivity contribution >= 4 is 11.4 Å². The summed E-state index contributed by atoms with van der Waals surface area (Å²) in [4.78, 5) is 21.2. The van der Waals surface area contributed by atoms with Crippen molar-refractivity contribution in [2.24, 2.45) is 10.4 Å². The molecule has 0 bridgehead atoms.